The highest BCUT2D eigenvalue weighted by molar-refractivity contribution is 6.43. The summed E-state index contributed by atoms with van der Waals surface area (Å²) in [5, 5.41) is 14.5. The Hall–Kier alpha value is -3.07. The summed E-state index contributed by atoms with van der Waals surface area (Å²) >= 11 is 0. The summed E-state index contributed by atoms with van der Waals surface area (Å²) in [6, 6.07) is 3.05. The Kier molecular flexibility index (Phi) is 6.78. The molecule has 2 heterocycles. The van der Waals surface area contributed by atoms with E-state index in [0.29, 0.717) is 24.2 Å². The molecule has 0 unspecified atom stereocenters. The van der Waals surface area contributed by atoms with E-state index in [9.17, 15) is 28.3 Å². The fourth-order valence-electron chi connectivity index (χ4n) is 3.80. The molecule has 0 spiro atoms. The molecule has 1 aliphatic heterocycles. The second kappa shape index (κ2) is 9.20. The maximum Gasteiger partial charge on any atom is 0.294 e. The van der Waals surface area contributed by atoms with Gasteiger partial charge in [-0.1, -0.05) is 13.8 Å². The van der Waals surface area contributed by atoms with Crippen LogP contribution in [0.2, 0.25) is 0 Å². The van der Waals surface area contributed by atoms with Crippen molar-refractivity contribution in [3.05, 3.63) is 52.3 Å². The van der Waals surface area contributed by atoms with E-state index in [-0.39, 0.29) is 30.1 Å². The van der Waals surface area contributed by atoms with Gasteiger partial charge in [0.2, 0.25) is 0 Å². The average Bonchev–Trinajstić information content (AvgIpc) is 3.06. The topological polar surface area (TPSA) is 100 Å². The van der Waals surface area contributed by atoms with Crippen LogP contribution in [0.4, 0.5) is 14.5 Å². The minimum absolute atomic E-state index is 0.0842. The van der Waals surface area contributed by atoms with Gasteiger partial charge in [-0.15, -0.1) is 0 Å². The predicted molar refractivity (Wildman–Crippen MR) is 115 cm³/mol. The Bertz CT molecular complexity index is 1080. The van der Waals surface area contributed by atoms with Gasteiger partial charge in [0.25, 0.3) is 17.6 Å². The summed E-state index contributed by atoms with van der Waals surface area (Å²) in [6.45, 7) is 5.56. The third-order valence-corrected chi connectivity index (χ3v) is 5.64. The number of hydrogen-bond donors (Lipinski definition) is 3. The van der Waals surface area contributed by atoms with Crippen LogP contribution in [0.15, 0.2) is 18.2 Å². The number of carbonyl (C=O) groups is 3. The number of rotatable bonds is 7. The Morgan fingerprint density at radius 3 is 2.53 bits per heavy atom. The molecular weight excluding hydrogens is 420 g/mol. The Labute approximate surface area is 184 Å². The highest BCUT2D eigenvalue weighted by atomic mass is 19.2. The second-order valence-electron chi connectivity index (χ2n) is 8.82. The van der Waals surface area contributed by atoms with Gasteiger partial charge >= 0.3 is 0 Å². The van der Waals surface area contributed by atoms with Crippen molar-refractivity contribution < 1.29 is 28.3 Å². The first-order valence-electron chi connectivity index (χ1n) is 10.5. The fourth-order valence-corrected chi connectivity index (χ4v) is 3.80. The van der Waals surface area contributed by atoms with E-state index in [1.807, 2.05) is 0 Å². The SMILES string of the molecule is Cc1c(C(=O)Nc2ccc(F)c(F)c2)c2n(c1C(=O)C(=O)NCC(C)(C)CO)CCCC2. The quantitative estimate of drug-likeness (QED) is 0.449. The number of benzene rings is 1. The molecule has 1 aromatic heterocycles. The van der Waals surface area contributed by atoms with Crippen molar-refractivity contribution in [3.63, 3.8) is 0 Å². The molecule has 2 aromatic rings. The number of ketones is 1. The van der Waals surface area contributed by atoms with Gasteiger partial charge < -0.3 is 20.3 Å². The number of fused-ring (bicyclic) bond motifs is 1. The van der Waals surface area contributed by atoms with Gasteiger partial charge in [-0.3, -0.25) is 14.4 Å². The van der Waals surface area contributed by atoms with Crippen molar-refractivity contribution in [1.29, 1.82) is 0 Å². The predicted octanol–water partition coefficient (Wildman–Crippen LogP) is 2.98. The number of halogens is 2. The minimum Gasteiger partial charge on any atom is -0.396 e. The molecule has 1 aliphatic rings. The zero-order chi connectivity index (χ0) is 23.6. The Morgan fingerprint density at radius 2 is 1.88 bits per heavy atom. The molecule has 9 heteroatoms. The summed E-state index contributed by atoms with van der Waals surface area (Å²) in [7, 11) is 0. The van der Waals surface area contributed by atoms with Crippen molar-refractivity contribution >= 4 is 23.3 Å². The van der Waals surface area contributed by atoms with Crippen LogP contribution in [0, 0.1) is 24.0 Å². The van der Waals surface area contributed by atoms with Crippen LogP contribution in [0.1, 0.15) is 58.8 Å². The zero-order valence-corrected chi connectivity index (χ0v) is 18.3. The number of amides is 2. The third kappa shape index (κ3) is 4.72. The number of Topliss-reactive ketones (excluding diaryl/α,β-unsaturated/α-hetero) is 1. The lowest BCUT2D eigenvalue weighted by molar-refractivity contribution is -0.117. The molecule has 0 atom stereocenters. The molecule has 0 radical (unpaired) electrons. The fraction of sp³-hybridized carbons (Fsp3) is 0.435. The van der Waals surface area contributed by atoms with E-state index in [4.69, 9.17) is 0 Å². The molecule has 0 bridgehead atoms. The smallest absolute Gasteiger partial charge is 0.294 e. The van der Waals surface area contributed by atoms with Crippen molar-refractivity contribution in [2.24, 2.45) is 5.41 Å². The van der Waals surface area contributed by atoms with Gasteiger partial charge in [0.15, 0.2) is 11.6 Å². The summed E-state index contributed by atoms with van der Waals surface area (Å²) in [4.78, 5) is 38.6. The van der Waals surface area contributed by atoms with Crippen LogP contribution in [0.25, 0.3) is 0 Å². The second-order valence-corrected chi connectivity index (χ2v) is 8.82. The summed E-state index contributed by atoms with van der Waals surface area (Å²) in [5.41, 5.74) is 0.917. The number of anilines is 1. The molecule has 32 heavy (non-hydrogen) atoms. The lowest BCUT2D eigenvalue weighted by Crippen LogP contribution is -2.40. The van der Waals surface area contributed by atoms with E-state index in [1.165, 1.54) is 6.07 Å². The van der Waals surface area contributed by atoms with Crippen LogP contribution in [0.5, 0.6) is 0 Å². The van der Waals surface area contributed by atoms with Crippen LogP contribution >= 0.6 is 0 Å². The number of aromatic nitrogens is 1. The molecular formula is C23H27F2N3O4. The number of aliphatic hydroxyl groups is 1. The monoisotopic (exact) mass is 447 g/mol. The first-order chi connectivity index (χ1) is 15.1. The first kappa shape index (κ1) is 23.6. The highest BCUT2D eigenvalue weighted by Gasteiger charge is 2.32. The van der Waals surface area contributed by atoms with Crippen LogP contribution in [0.3, 0.4) is 0 Å². The molecule has 0 saturated carbocycles. The number of hydrogen-bond acceptors (Lipinski definition) is 4. The van der Waals surface area contributed by atoms with E-state index >= 15 is 0 Å². The Balaban J connectivity index is 1.92. The van der Waals surface area contributed by atoms with Gasteiger partial charge in [-0.05, 0) is 43.9 Å². The number of carbonyl (C=O) groups excluding carboxylic acids is 3. The van der Waals surface area contributed by atoms with Crippen molar-refractivity contribution in [3.8, 4) is 0 Å². The van der Waals surface area contributed by atoms with E-state index in [1.54, 1.807) is 25.3 Å². The molecule has 1 aromatic carbocycles. The molecule has 2 amide bonds. The molecule has 3 rings (SSSR count). The summed E-state index contributed by atoms with van der Waals surface area (Å²) in [5.74, 6) is -4.24. The molecule has 3 N–H and O–H groups in total. The van der Waals surface area contributed by atoms with Gasteiger partial charge in [0.1, 0.15) is 0 Å². The van der Waals surface area contributed by atoms with Gasteiger partial charge in [-0.2, -0.15) is 0 Å². The molecule has 0 saturated heterocycles. The molecule has 0 fully saturated rings. The summed E-state index contributed by atoms with van der Waals surface area (Å²) < 4.78 is 28.4. The zero-order valence-electron chi connectivity index (χ0n) is 18.3. The van der Waals surface area contributed by atoms with E-state index in [2.05, 4.69) is 10.6 Å². The van der Waals surface area contributed by atoms with Crippen molar-refractivity contribution in [2.75, 3.05) is 18.5 Å². The van der Waals surface area contributed by atoms with Crippen molar-refractivity contribution in [2.45, 2.75) is 46.6 Å². The van der Waals surface area contributed by atoms with Gasteiger partial charge in [0, 0.05) is 42.6 Å². The highest BCUT2D eigenvalue weighted by Crippen LogP contribution is 2.29. The molecule has 0 aliphatic carbocycles. The molecule has 7 nitrogen and oxygen atoms in total. The normalized spacial score (nSPS) is 13.4. The van der Waals surface area contributed by atoms with E-state index in [0.717, 1.165) is 25.0 Å². The number of nitrogens with one attached hydrogen (secondary N) is 2. The largest absolute Gasteiger partial charge is 0.396 e. The van der Waals surface area contributed by atoms with Gasteiger partial charge in [-0.25, -0.2) is 8.78 Å². The molecule has 172 valence electrons. The maximum absolute atomic E-state index is 13.5. The lowest BCUT2D eigenvalue weighted by atomic mass is 9.95. The third-order valence-electron chi connectivity index (χ3n) is 5.64. The van der Waals surface area contributed by atoms with Crippen LogP contribution in [-0.4, -0.2) is 40.4 Å². The van der Waals surface area contributed by atoms with Crippen LogP contribution in [-0.2, 0) is 17.8 Å². The van der Waals surface area contributed by atoms with Crippen molar-refractivity contribution in [1.82, 2.24) is 9.88 Å². The maximum atomic E-state index is 13.5. The average molecular weight is 447 g/mol. The van der Waals surface area contributed by atoms with Crippen LogP contribution < -0.4 is 10.6 Å². The number of aliphatic hydroxyl groups excluding tert-OH is 1. The summed E-state index contributed by atoms with van der Waals surface area (Å²) in [6.07, 6.45) is 2.16. The van der Waals surface area contributed by atoms with Gasteiger partial charge in [0.05, 0.1) is 11.3 Å². The number of nitrogens with zero attached hydrogens (tertiary/aromatic N) is 1. The Morgan fingerprint density at radius 1 is 1.16 bits per heavy atom. The van der Waals surface area contributed by atoms with E-state index < -0.39 is 34.6 Å². The standard InChI is InChI=1S/C23H27F2N3O4/c1-13-18(21(31)27-14-7-8-15(24)16(25)10-14)17-6-4-5-9-28(17)19(13)20(30)22(32)26-11-23(2,3)12-29/h7-8,10,29H,4-6,9,11-12H2,1-3H3,(H,26,32)(H,27,31). The lowest BCUT2D eigenvalue weighted by Gasteiger charge is -2.22. The minimum atomic E-state index is -1.09. The first-order valence-corrected chi connectivity index (χ1v) is 10.5.